The zero-order valence-electron chi connectivity index (χ0n) is 16.1. The molecule has 0 aromatic heterocycles. The predicted octanol–water partition coefficient (Wildman–Crippen LogP) is 3.53. The fourth-order valence-corrected chi connectivity index (χ4v) is 3.20. The van der Waals surface area contributed by atoms with E-state index in [9.17, 15) is 4.79 Å². The van der Waals surface area contributed by atoms with Crippen LogP contribution in [0.25, 0.3) is 0 Å². The normalized spacial score (nSPS) is 16.6. The molecule has 5 heteroatoms. The fourth-order valence-electron chi connectivity index (χ4n) is 3.20. The van der Waals surface area contributed by atoms with Crippen LogP contribution in [0.5, 0.6) is 0 Å². The number of piperidine rings is 1. The fraction of sp³-hybridized carbons (Fsp3) is 0.650. The molecule has 2 rings (SSSR count). The molecular weight excluding hydrogens is 314 g/mol. The maximum absolute atomic E-state index is 12.2. The Balaban J connectivity index is 1.68. The molecule has 1 aromatic rings. The van der Waals surface area contributed by atoms with E-state index in [4.69, 9.17) is 10.5 Å². The standard InChI is InChI=1S/C20H33N3O2/c1-20(2,3)25-19(24)22(4)18-11-14-23(15-12-18)13-5-6-16-7-9-17(21)10-8-16/h7-10,18H,5-6,11-15,21H2,1-4H3. The second-order valence-electron chi connectivity index (χ2n) is 8.01. The topological polar surface area (TPSA) is 58.8 Å². The second kappa shape index (κ2) is 8.56. The molecule has 0 radical (unpaired) electrons. The highest BCUT2D eigenvalue weighted by atomic mass is 16.6. The lowest BCUT2D eigenvalue weighted by Crippen LogP contribution is -2.47. The number of carbonyl (C=O) groups excluding carboxylic acids is 1. The highest BCUT2D eigenvalue weighted by Gasteiger charge is 2.28. The van der Waals surface area contributed by atoms with Crippen molar-refractivity contribution in [3.63, 3.8) is 0 Å². The molecule has 1 saturated heterocycles. The molecular formula is C20H33N3O2. The van der Waals surface area contributed by atoms with Gasteiger partial charge in [0.25, 0.3) is 0 Å². The number of benzene rings is 1. The molecule has 0 bridgehead atoms. The summed E-state index contributed by atoms with van der Waals surface area (Å²) in [5.41, 5.74) is 7.44. The third-order valence-electron chi connectivity index (χ3n) is 4.71. The monoisotopic (exact) mass is 347 g/mol. The molecule has 0 aliphatic carbocycles. The number of hydrogen-bond acceptors (Lipinski definition) is 4. The van der Waals surface area contributed by atoms with Crippen molar-refractivity contribution < 1.29 is 9.53 Å². The van der Waals surface area contributed by atoms with Gasteiger partial charge in [-0.1, -0.05) is 12.1 Å². The van der Waals surface area contributed by atoms with Gasteiger partial charge in [-0.05, 0) is 70.7 Å². The quantitative estimate of drug-likeness (QED) is 0.828. The van der Waals surface area contributed by atoms with Crippen molar-refractivity contribution in [1.82, 2.24) is 9.80 Å². The molecule has 2 N–H and O–H groups in total. The molecule has 0 saturated carbocycles. The third-order valence-corrected chi connectivity index (χ3v) is 4.71. The number of anilines is 1. The minimum absolute atomic E-state index is 0.214. The van der Waals surface area contributed by atoms with Crippen molar-refractivity contribution in [3.8, 4) is 0 Å². The predicted molar refractivity (Wildman–Crippen MR) is 103 cm³/mol. The first-order valence-electron chi connectivity index (χ1n) is 9.27. The van der Waals surface area contributed by atoms with Crippen molar-refractivity contribution in [2.45, 2.75) is 58.1 Å². The molecule has 1 aliphatic heterocycles. The highest BCUT2D eigenvalue weighted by Crippen LogP contribution is 2.19. The lowest BCUT2D eigenvalue weighted by molar-refractivity contribution is 0.0152. The Morgan fingerprint density at radius 3 is 2.40 bits per heavy atom. The molecule has 1 amide bonds. The average molecular weight is 348 g/mol. The Morgan fingerprint density at radius 1 is 1.24 bits per heavy atom. The minimum Gasteiger partial charge on any atom is -0.444 e. The van der Waals surface area contributed by atoms with Crippen LogP contribution in [0, 0.1) is 0 Å². The molecule has 0 spiro atoms. The number of amides is 1. The SMILES string of the molecule is CN(C(=O)OC(C)(C)C)C1CCN(CCCc2ccc(N)cc2)CC1. The molecule has 1 heterocycles. The Hall–Kier alpha value is -1.75. The van der Waals surface area contributed by atoms with Gasteiger partial charge < -0.3 is 20.3 Å². The number of nitrogens with two attached hydrogens (primary N) is 1. The number of aryl methyl sites for hydroxylation is 1. The van der Waals surface area contributed by atoms with Crippen LogP contribution in [-0.4, -0.2) is 54.2 Å². The third kappa shape index (κ3) is 6.58. The largest absolute Gasteiger partial charge is 0.444 e. The van der Waals surface area contributed by atoms with E-state index in [-0.39, 0.29) is 12.1 Å². The molecule has 1 fully saturated rings. The molecule has 1 aliphatic rings. The zero-order valence-corrected chi connectivity index (χ0v) is 16.1. The van der Waals surface area contributed by atoms with E-state index in [1.54, 1.807) is 4.90 Å². The number of likely N-dealkylation sites (tertiary alicyclic amines) is 1. The summed E-state index contributed by atoms with van der Waals surface area (Å²) in [5, 5.41) is 0. The number of carbonyl (C=O) groups is 1. The molecule has 0 unspecified atom stereocenters. The second-order valence-corrected chi connectivity index (χ2v) is 8.01. The maximum Gasteiger partial charge on any atom is 0.410 e. The number of nitrogen functional groups attached to an aromatic ring is 1. The average Bonchev–Trinajstić information content (AvgIpc) is 2.55. The molecule has 25 heavy (non-hydrogen) atoms. The Morgan fingerprint density at radius 2 is 1.84 bits per heavy atom. The van der Waals surface area contributed by atoms with Crippen molar-refractivity contribution in [3.05, 3.63) is 29.8 Å². The first kappa shape index (κ1) is 19.6. The van der Waals surface area contributed by atoms with Gasteiger partial charge in [-0.2, -0.15) is 0 Å². The van der Waals surface area contributed by atoms with Crippen LogP contribution in [0.15, 0.2) is 24.3 Å². The molecule has 0 atom stereocenters. The van der Waals surface area contributed by atoms with E-state index in [0.29, 0.717) is 0 Å². The molecule has 140 valence electrons. The first-order valence-corrected chi connectivity index (χ1v) is 9.27. The van der Waals surface area contributed by atoms with E-state index in [0.717, 1.165) is 51.0 Å². The summed E-state index contributed by atoms with van der Waals surface area (Å²) >= 11 is 0. The van der Waals surface area contributed by atoms with Crippen LogP contribution in [0.4, 0.5) is 10.5 Å². The van der Waals surface area contributed by atoms with Crippen LogP contribution >= 0.6 is 0 Å². The van der Waals surface area contributed by atoms with Crippen LogP contribution in [0.3, 0.4) is 0 Å². The van der Waals surface area contributed by atoms with Crippen LogP contribution in [0.1, 0.15) is 45.6 Å². The summed E-state index contributed by atoms with van der Waals surface area (Å²) in [6, 6.07) is 8.43. The van der Waals surface area contributed by atoms with Crippen molar-refractivity contribution in [2.75, 3.05) is 32.4 Å². The lowest BCUT2D eigenvalue weighted by atomic mass is 10.0. The van der Waals surface area contributed by atoms with Gasteiger partial charge in [-0.25, -0.2) is 4.79 Å². The Kier molecular flexibility index (Phi) is 6.71. The summed E-state index contributed by atoms with van der Waals surface area (Å²) in [7, 11) is 1.86. The van der Waals surface area contributed by atoms with Gasteiger partial charge in [0.2, 0.25) is 0 Å². The summed E-state index contributed by atoms with van der Waals surface area (Å²) < 4.78 is 5.47. The number of rotatable bonds is 5. The summed E-state index contributed by atoms with van der Waals surface area (Å²) in [6.45, 7) is 8.90. The first-order chi connectivity index (χ1) is 11.7. The van der Waals surface area contributed by atoms with Gasteiger partial charge >= 0.3 is 6.09 Å². The van der Waals surface area contributed by atoms with Crippen LogP contribution in [0.2, 0.25) is 0 Å². The van der Waals surface area contributed by atoms with E-state index >= 15 is 0 Å². The summed E-state index contributed by atoms with van der Waals surface area (Å²) in [6.07, 6.45) is 4.04. The van der Waals surface area contributed by atoms with Crippen molar-refractivity contribution in [1.29, 1.82) is 0 Å². The lowest BCUT2D eigenvalue weighted by Gasteiger charge is -2.37. The molecule has 5 nitrogen and oxygen atoms in total. The van der Waals surface area contributed by atoms with E-state index < -0.39 is 5.60 Å². The maximum atomic E-state index is 12.2. The summed E-state index contributed by atoms with van der Waals surface area (Å²) in [5.74, 6) is 0. The highest BCUT2D eigenvalue weighted by molar-refractivity contribution is 5.68. The van der Waals surface area contributed by atoms with Gasteiger partial charge in [0, 0.05) is 31.9 Å². The van der Waals surface area contributed by atoms with Crippen LogP contribution in [-0.2, 0) is 11.2 Å². The van der Waals surface area contributed by atoms with Gasteiger partial charge in [0.05, 0.1) is 0 Å². The Labute approximate surface area is 152 Å². The van der Waals surface area contributed by atoms with Gasteiger partial charge in [0.15, 0.2) is 0 Å². The number of nitrogens with zero attached hydrogens (tertiary/aromatic N) is 2. The van der Waals surface area contributed by atoms with E-state index in [1.165, 1.54) is 5.56 Å². The zero-order chi connectivity index (χ0) is 18.4. The van der Waals surface area contributed by atoms with Crippen molar-refractivity contribution in [2.24, 2.45) is 0 Å². The molecule has 1 aromatic carbocycles. The van der Waals surface area contributed by atoms with Crippen molar-refractivity contribution >= 4 is 11.8 Å². The number of hydrogen-bond donors (Lipinski definition) is 1. The Bertz CT molecular complexity index is 543. The van der Waals surface area contributed by atoms with E-state index in [2.05, 4.69) is 17.0 Å². The van der Waals surface area contributed by atoms with Gasteiger partial charge in [0.1, 0.15) is 5.60 Å². The minimum atomic E-state index is -0.436. The van der Waals surface area contributed by atoms with E-state index in [1.807, 2.05) is 40.0 Å². The number of ether oxygens (including phenoxy) is 1. The van der Waals surface area contributed by atoms with Gasteiger partial charge in [-0.15, -0.1) is 0 Å². The van der Waals surface area contributed by atoms with Crippen LogP contribution < -0.4 is 5.73 Å². The van der Waals surface area contributed by atoms with Gasteiger partial charge in [-0.3, -0.25) is 0 Å². The summed E-state index contributed by atoms with van der Waals surface area (Å²) in [4.78, 5) is 16.4. The smallest absolute Gasteiger partial charge is 0.410 e.